The van der Waals surface area contributed by atoms with Gasteiger partial charge in [-0.1, -0.05) is 36.4 Å². The van der Waals surface area contributed by atoms with Crippen molar-refractivity contribution < 1.29 is 9.66 Å². The van der Waals surface area contributed by atoms with Crippen molar-refractivity contribution in [2.45, 2.75) is 0 Å². The van der Waals surface area contributed by atoms with Crippen LogP contribution < -0.4 is 4.74 Å². The molecule has 0 aliphatic heterocycles. The molecule has 107 valence electrons. The van der Waals surface area contributed by atoms with Crippen molar-refractivity contribution in [2.24, 2.45) is 0 Å². The lowest BCUT2D eigenvalue weighted by molar-refractivity contribution is -0.384. The molecule has 0 aromatic heterocycles. The van der Waals surface area contributed by atoms with Gasteiger partial charge in [0.25, 0.3) is 5.69 Å². The third-order valence-electron chi connectivity index (χ3n) is 3.18. The van der Waals surface area contributed by atoms with E-state index in [1.807, 2.05) is 42.5 Å². The minimum atomic E-state index is -0.434. The highest BCUT2D eigenvalue weighted by Gasteiger charge is 2.08. The fourth-order valence-electron chi connectivity index (χ4n) is 2.11. The molecule has 0 atom stereocenters. The summed E-state index contributed by atoms with van der Waals surface area (Å²) in [4.78, 5) is 10.2. The van der Waals surface area contributed by atoms with E-state index in [4.69, 9.17) is 4.74 Å². The van der Waals surface area contributed by atoms with Crippen LogP contribution in [0.25, 0.3) is 11.1 Å². The molecule has 0 aliphatic rings. The van der Waals surface area contributed by atoms with Crippen LogP contribution in [0.4, 0.5) is 5.69 Å². The average molecular weight is 290 g/mol. The monoisotopic (exact) mass is 290 g/mol. The summed E-state index contributed by atoms with van der Waals surface area (Å²) in [6.07, 6.45) is 0. The Morgan fingerprint density at radius 1 is 0.955 bits per heavy atom. The van der Waals surface area contributed by atoms with Crippen LogP contribution in [0.15, 0.2) is 72.8 Å². The Morgan fingerprint density at radius 2 is 1.68 bits per heavy atom. The van der Waals surface area contributed by atoms with Crippen LogP contribution in [0.5, 0.6) is 11.5 Å². The third-order valence-corrected chi connectivity index (χ3v) is 3.18. The zero-order valence-corrected chi connectivity index (χ0v) is 11.6. The number of hydrogen-bond acceptors (Lipinski definition) is 3. The fraction of sp³-hybridized carbons (Fsp3) is 0. The number of hydrogen-bond donors (Lipinski definition) is 0. The summed E-state index contributed by atoms with van der Waals surface area (Å²) < 4.78 is 5.86. The van der Waals surface area contributed by atoms with Crippen LogP contribution in [-0.4, -0.2) is 4.92 Å². The number of nitrogens with zero attached hydrogens (tertiary/aromatic N) is 1. The van der Waals surface area contributed by atoms with Gasteiger partial charge in [-0.3, -0.25) is 10.1 Å². The van der Waals surface area contributed by atoms with Crippen molar-refractivity contribution in [3.63, 3.8) is 0 Å². The Hall–Kier alpha value is -3.14. The lowest BCUT2D eigenvalue weighted by atomic mass is 10.1. The van der Waals surface area contributed by atoms with Crippen molar-refractivity contribution >= 4 is 5.69 Å². The lowest BCUT2D eigenvalue weighted by Crippen LogP contribution is -1.90. The molecule has 0 N–H and O–H groups in total. The second kappa shape index (κ2) is 6.10. The van der Waals surface area contributed by atoms with Crippen molar-refractivity contribution in [2.75, 3.05) is 0 Å². The number of benzene rings is 3. The van der Waals surface area contributed by atoms with Crippen LogP contribution in [-0.2, 0) is 0 Å². The largest absolute Gasteiger partial charge is 0.457 e. The van der Waals surface area contributed by atoms with Gasteiger partial charge in [-0.2, -0.15) is 0 Å². The summed E-state index contributed by atoms with van der Waals surface area (Å²) >= 11 is 0. The molecule has 3 rings (SSSR count). The van der Waals surface area contributed by atoms with Gasteiger partial charge in [-0.25, -0.2) is 0 Å². The summed E-state index contributed by atoms with van der Waals surface area (Å²) in [6.45, 7) is 0. The molecule has 4 heteroatoms. The van der Waals surface area contributed by atoms with Crippen LogP contribution >= 0.6 is 0 Å². The quantitative estimate of drug-likeness (QED) is 0.509. The number of rotatable bonds is 4. The van der Waals surface area contributed by atoms with E-state index in [1.54, 1.807) is 18.2 Å². The fourth-order valence-corrected chi connectivity index (χ4v) is 2.11. The predicted octanol–water partition coefficient (Wildman–Crippen LogP) is 4.85. The number of non-ortho nitro benzene ring substituents is 1. The maximum atomic E-state index is 10.7. The molecule has 0 heterocycles. The van der Waals surface area contributed by atoms with E-state index in [0.717, 1.165) is 11.1 Å². The summed E-state index contributed by atoms with van der Waals surface area (Å²) in [5, 5.41) is 10.7. The van der Waals surface area contributed by atoms with Crippen molar-refractivity contribution in [3.8, 4) is 22.6 Å². The number of nitro benzene ring substituents is 1. The van der Waals surface area contributed by atoms with Gasteiger partial charge in [0.2, 0.25) is 0 Å². The van der Waals surface area contributed by atoms with Gasteiger partial charge in [0, 0.05) is 17.7 Å². The van der Waals surface area contributed by atoms with Gasteiger partial charge in [0.1, 0.15) is 11.5 Å². The first-order chi connectivity index (χ1) is 10.7. The Labute approximate surface area is 127 Å². The standard InChI is InChI=1S/C18H12NO3/c20-19(21)15-10-12-16(13-11-15)22-18-9-5-4-8-17(18)14-6-2-1-3-7-14/h1-3,5-13H. The van der Waals surface area contributed by atoms with Gasteiger partial charge in [-0.15, -0.1) is 0 Å². The van der Waals surface area contributed by atoms with Crippen LogP contribution in [0, 0.1) is 16.2 Å². The molecule has 1 radical (unpaired) electrons. The van der Waals surface area contributed by atoms with Crippen LogP contribution in [0.2, 0.25) is 0 Å². The Morgan fingerprint density at radius 3 is 2.36 bits per heavy atom. The van der Waals surface area contributed by atoms with Gasteiger partial charge in [0.15, 0.2) is 0 Å². The molecule has 0 amide bonds. The van der Waals surface area contributed by atoms with E-state index in [9.17, 15) is 10.1 Å². The third kappa shape index (κ3) is 2.96. The summed E-state index contributed by atoms with van der Waals surface area (Å²) in [5.41, 5.74) is 1.98. The molecule has 0 saturated carbocycles. The van der Waals surface area contributed by atoms with E-state index in [1.165, 1.54) is 12.1 Å². The summed E-state index contributed by atoms with van der Waals surface area (Å²) in [7, 11) is 0. The van der Waals surface area contributed by atoms with E-state index >= 15 is 0 Å². The first kappa shape index (κ1) is 13.8. The number of ether oxygens (including phenoxy) is 1. The summed E-state index contributed by atoms with van der Waals surface area (Å²) in [5.74, 6) is 1.23. The Balaban J connectivity index is 1.91. The molecule has 0 saturated heterocycles. The maximum absolute atomic E-state index is 10.7. The SMILES string of the molecule is O=[N+]([O-])c1ccc(Oc2cc[c]cc2-c2ccccc2)cc1. The highest BCUT2D eigenvalue weighted by molar-refractivity contribution is 5.70. The zero-order valence-electron chi connectivity index (χ0n) is 11.6. The molecule has 4 nitrogen and oxygen atoms in total. The molecule has 0 unspecified atom stereocenters. The van der Waals surface area contributed by atoms with Crippen molar-refractivity contribution in [3.05, 3.63) is 89.0 Å². The van der Waals surface area contributed by atoms with Gasteiger partial charge >= 0.3 is 0 Å². The van der Waals surface area contributed by atoms with Crippen LogP contribution in [0.3, 0.4) is 0 Å². The highest BCUT2D eigenvalue weighted by atomic mass is 16.6. The second-order valence-corrected chi connectivity index (χ2v) is 4.64. The molecule has 0 aliphatic carbocycles. The van der Waals surface area contributed by atoms with Crippen molar-refractivity contribution in [1.82, 2.24) is 0 Å². The average Bonchev–Trinajstić information content (AvgIpc) is 2.57. The molecule has 0 fully saturated rings. The molecule has 0 bridgehead atoms. The molecular formula is C18H12NO3. The highest BCUT2D eigenvalue weighted by Crippen LogP contribution is 2.33. The van der Waals surface area contributed by atoms with E-state index in [-0.39, 0.29) is 5.69 Å². The molecule has 0 spiro atoms. The summed E-state index contributed by atoms with van der Waals surface area (Å²) in [6, 6.07) is 24.4. The van der Waals surface area contributed by atoms with Crippen LogP contribution in [0.1, 0.15) is 0 Å². The normalized spacial score (nSPS) is 10.2. The van der Waals surface area contributed by atoms with Gasteiger partial charge in [0.05, 0.1) is 4.92 Å². The molecular weight excluding hydrogens is 278 g/mol. The number of nitro groups is 1. The van der Waals surface area contributed by atoms with Gasteiger partial charge in [-0.05, 0) is 35.9 Å². The second-order valence-electron chi connectivity index (χ2n) is 4.64. The Kier molecular flexibility index (Phi) is 3.83. The first-order valence-electron chi connectivity index (χ1n) is 6.72. The maximum Gasteiger partial charge on any atom is 0.269 e. The van der Waals surface area contributed by atoms with E-state index in [0.29, 0.717) is 11.5 Å². The molecule has 22 heavy (non-hydrogen) atoms. The topological polar surface area (TPSA) is 52.4 Å². The van der Waals surface area contributed by atoms with Gasteiger partial charge < -0.3 is 4.74 Å². The molecule has 3 aromatic carbocycles. The molecule has 3 aromatic rings. The minimum absolute atomic E-state index is 0.0389. The zero-order chi connectivity index (χ0) is 15.4. The van der Waals surface area contributed by atoms with E-state index < -0.39 is 4.92 Å². The minimum Gasteiger partial charge on any atom is -0.457 e. The Bertz CT molecular complexity index is 783. The van der Waals surface area contributed by atoms with Crippen molar-refractivity contribution in [1.29, 1.82) is 0 Å². The van der Waals surface area contributed by atoms with E-state index in [2.05, 4.69) is 6.07 Å². The first-order valence-corrected chi connectivity index (χ1v) is 6.72. The predicted molar refractivity (Wildman–Crippen MR) is 83.9 cm³/mol. The lowest BCUT2D eigenvalue weighted by Gasteiger charge is -2.11. The smallest absolute Gasteiger partial charge is 0.269 e.